The Morgan fingerprint density at radius 3 is 2.78 bits per heavy atom. The van der Waals surface area contributed by atoms with Crippen LogP contribution in [0.3, 0.4) is 0 Å². The van der Waals surface area contributed by atoms with Crippen LogP contribution in [0.2, 0.25) is 0 Å². The molecule has 0 saturated carbocycles. The Morgan fingerprint density at radius 1 is 1.22 bits per heavy atom. The van der Waals surface area contributed by atoms with E-state index >= 15 is 0 Å². The van der Waals surface area contributed by atoms with Crippen LogP contribution in [0, 0.1) is 0 Å². The second-order valence-corrected chi connectivity index (χ2v) is 4.39. The monoisotopic (exact) mass is 243 g/mol. The summed E-state index contributed by atoms with van der Waals surface area (Å²) in [6, 6.07) is 10.3. The van der Waals surface area contributed by atoms with E-state index in [1.807, 2.05) is 19.2 Å². The van der Waals surface area contributed by atoms with Crippen molar-refractivity contribution in [2.75, 3.05) is 43.6 Å². The summed E-state index contributed by atoms with van der Waals surface area (Å²) in [6.45, 7) is 3.38. The lowest BCUT2D eigenvalue weighted by Crippen LogP contribution is -2.36. The van der Waals surface area contributed by atoms with Crippen molar-refractivity contribution >= 4 is 22.4 Å². The zero-order valence-corrected chi connectivity index (χ0v) is 10.5. The van der Waals surface area contributed by atoms with Crippen molar-refractivity contribution in [2.24, 2.45) is 0 Å². The lowest BCUT2D eigenvalue weighted by molar-refractivity contribution is 0.122. The van der Waals surface area contributed by atoms with E-state index in [0.29, 0.717) is 0 Å². The summed E-state index contributed by atoms with van der Waals surface area (Å²) in [5.74, 6) is 1.03. The highest BCUT2D eigenvalue weighted by Crippen LogP contribution is 2.26. The van der Waals surface area contributed by atoms with Crippen LogP contribution in [0.4, 0.5) is 11.5 Å². The van der Waals surface area contributed by atoms with Crippen molar-refractivity contribution in [3.63, 3.8) is 0 Å². The minimum absolute atomic E-state index is 0.781. The quantitative estimate of drug-likeness (QED) is 0.876. The SMILES string of the molecule is CNc1cc(N2CCOCC2)nc2ccccc12. The van der Waals surface area contributed by atoms with E-state index < -0.39 is 0 Å². The largest absolute Gasteiger partial charge is 0.387 e. The number of rotatable bonds is 2. The first-order valence-electron chi connectivity index (χ1n) is 6.29. The number of benzene rings is 1. The number of ether oxygens (including phenoxy) is 1. The van der Waals surface area contributed by atoms with E-state index in [1.165, 1.54) is 0 Å². The van der Waals surface area contributed by atoms with Gasteiger partial charge in [0, 0.05) is 37.3 Å². The van der Waals surface area contributed by atoms with Gasteiger partial charge in [-0.1, -0.05) is 18.2 Å². The molecule has 0 radical (unpaired) electrons. The van der Waals surface area contributed by atoms with Crippen LogP contribution in [0.5, 0.6) is 0 Å². The summed E-state index contributed by atoms with van der Waals surface area (Å²) < 4.78 is 5.38. The number of fused-ring (bicyclic) bond motifs is 1. The molecule has 1 aromatic heterocycles. The van der Waals surface area contributed by atoms with Gasteiger partial charge in [-0.2, -0.15) is 0 Å². The van der Waals surface area contributed by atoms with Gasteiger partial charge in [0.1, 0.15) is 5.82 Å². The molecule has 1 saturated heterocycles. The number of nitrogens with zero attached hydrogens (tertiary/aromatic N) is 2. The molecule has 4 nitrogen and oxygen atoms in total. The molecule has 3 rings (SSSR count). The zero-order valence-electron chi connectivity index (χ0n) is 10.5. The summed E-state index contributed by atoms with van der Waals surface area (Å²) >= 11 is 0. The van der Waals surface area contributed by atoms with Crippen molar-refractivity contribution in [1.29, 1.82) is 0 Å². The van der Waals surface area contributed by atoms with Crippen molar-refractivity contribution in [3.8, 4) is 0 Å². The van der Waals surface area contributed by atoms with Crippen LogP contribution in [0.1, 0.15) is 0 Å². The van der Waals surface area contributed by atoms with E-state index in [2.05, 4.69) is 28.4 Å². The molecule has 0 amide bonds. The zero-order chi connectivity index (χ0) is 12.4. The van der Waals surface area contributed by atoms with Crippen LogP contribution in [-0.4, -0.2) is 38.3 Å². The Bertz CT molecular complexity index is 550. The van der Waals surface area contributed by atoms with E-state index in [1.54, 1.807) is 0 Å². The highest BCUT2D eigenvalue weighted by atomic mass is 16.5. The average molecular weight is 243 g/mol. The first kappa shape index (κ1) is 11.3. The average Bonchev–Trinajstić information content (AvgIpc) is 2.47. The third-order valence-electron chi connectivity index (χ3n) is 3.31. The number of anilines is 2. The molecule has 1 N–H and O–H groups in total. The number of pyridine rings is 1. The highest BCUT2D eigenvalue weighted by Gasteiger charge is 2.14. The van der Waals surface area contributed by atoms with Crippen molar-refractivity contribution < 1.29 is 4.74 Å². The molecule has 2 heterocycles. The third kappa shape index (κ3) is 1.99. The Labute approximate surface area is 107 Å². The lowest BCUT2D eigenvalue weighted by atomic mass is 10.2. The maximum Gasteiger partial charge on any atom is 0.131 e. The van der Waals surface area contributed by atoms with Crippen LogP contribution in [-0.2, 0) is 4.74 Å². The molecule has 4 heteroatoms. The van der Waals surface area contributed by atoms with E-state index in [-0.39, 0.29) is 0 Å². The van der Waals surface area contributed by atoms with Gasteiger partial charge in [0.2, 0.25) is 0 Å². The van der Waals surface area contributed by atoms with E-state index in [4.69, 9.17) is 9.72 Å². The number of hydrogen-bond acceptors (Lipinski definition) is 4. The second-order valence-electron chi connectivity index (χ2n) is 4.39. The molecule has 18 heavy (non-hydrogen) atoms. The van der Waals surface area contributed by atoms with Crippen LogP contribution in [0.25, 0.3) is 10.9 Å². The Hall–Kier alpha value is -1.81. The molecule has 2 aromatic rings. The van der Waals surface area contributed by atoms with Gasteiger partial charge in [0.05, 0.1) is 18.7 Å². The molecule has 0 atom stereocenters. The minimum atomic E-state index is 0.781. The first-order chi connectivity index (χ1) is 8.88. The Morgan fingerprint density at radius 2 is 2.00 bits per heavy atom. The van der Waals surface area contributed by atoms with Gasteiger partial charge in [-0.15, -0.1) is 0 Å². The fraction of sp³-hybridized carbons (Fsp3) is 0.357. The van der Waals surface area contributed by atoms with Gasteiger partial charge in [-0.3, -0.25) is 0 Å². The van der Waals surface area contributed by atoms with Crippen molar-refractivity contribution in [2.45, 2.75) is 0 Å². The first-order valence-corrected chi connectivity index (χ1v) is 6.29. The fourth-order valence-electron chi connectivity index (χ4n) is 2.32. The van der Waals surface area contributed by atoms with Gasteiger partial charge in [-0.05, 0) is 6.07 Å². The predicted octanol–water partition coefficient (Wildman–Crippen LogP) is 2.11. The summed E-state index contributed by atoms with van der Waals surface area (Å²) in [7, 11) is 1.95. The molecule has 0 aliphatic carbocycles. The van der Waals surface area contributed by atoms with Crippen molar-refractivity contribution in [3.05, 3.63) is 30.3 Å². The molecule has 1 aromatic carbocycles. The van der Waals surface area contributed by atoms with Crippen molar-refractivity contribution in [1.82, 2.24) is 4.98 Å². The number of aromatic nitrogens is 1. The molecule has 1 aliphatic rings. The number of morpholine rings is 1. The number of hydrogen-bond donors (Lipinski definition) is 1. The molecule has 0 bridgehead atoms. The van der Waals surface area contributed by atoms with Gasteiger partial charge in [-0.25, -0.2) is 4.98 Å². The molecular weight excluding hydrogens is 226 g/mol. The molecule has 94 valence electrons. The van der Waals surface area contributed by atoms with E-state index in [0.717, 1.165) is 48.7 Å². The predicted molar refractivity (Wildman–Crippen MR) is 74.3 cm³/mol. The summed E-state index contributed by atoms with van der Waals surface area (Å²) in [6.07, 6.45) is 0. The Kier molecular flexibility index (Phi) is 3.02. The summed E-state index contributed by atoms with van der Waals surface area (Å²) in [5.41, 5.74) is 2.16. The maximum absolute atomic E-state index is 5.38. The minimum Gasteiger partial charge on any atom is -0.387 e. The lowest BCUT2D eigenvalue weighted by Gasteiger charge is -2.28. The van der Waals surface area contributed by atoms with E-state index in [9.17, 15) is 0 Å². The van der Waals surface area contributed by atoms with Crippen LogP contribution >= 0.6 is 0 Å². The normalized spacial score (nSPS) is 15.9. The molecule has 1 aliphatic heterocycles. The Balaban J connectivity index is 2.07. The fourth-order valence-corrected chi connectivity index (χ4v) is 2.32. The van der Waals surface area contributed by atoms with Crippen LogP contribution in [0.15, 0.2) is 30.3 Å². The highest BCUT2D eigenvalue weighted by molar-refractivity contribution is 5.93. The van der Waals surface area contributed by atoms with Crippen LogP contribution < -0.4 is 10.2 Å². The molecular formula is C14H17N3O. The molecule has 0 unspecified atom stereocenters. The third-order valence-corrected chi connectivity index (χ3v) is 3.31. The number of nitrogens with one attached hydrogen (secondary N) is 1. The maximum atomic E-state index is 5.38. The van der Waals surface area contributed by atoms with Gasteiger partial charge < -0.3 is 15.0 Å². The van der Waals surface area contributed by atoms with Gasteiger partial charge in [0.25, 0.3) is 0 Å². The topological polar surface area (TPSA) is 37.4 Å². The second kappa shape index (κ2) is 4.82. The number of para-hydroxylation sites is 1. The smallest absolute Gasteiger partial charge is 0.131 e. The van der Waals surface area contributed by atoms with Gasteiger partial charge in [0.15, 0.2) is 0 Å². The standard InChI is InChI=1S/C14H17N3O/c1-15-13-10-14(17-6-8-18-9-7-17)16-12-5-3-2-4-11(12)13/h2-5,10H,6-9H2,1H3,(H,15,16). The summed E-state index contributed by atoms with van der Waals surface area (Å²) in [4.78, 5) is 7.01. The molecule has 0 spiro atoms. The summed E-state index contributed by atoms with van der Waals surface area (Å²) in [5, 5.41) is 4.42. The van der Waals surface area contributed by atoms with Gasteiger partial charge >= 0.3 is 0 Å². The molecule has 1 fully saturated rings.